The summed E-state index contributed by atoms with van der Waals surface area (Å²) in [6, 6.07) is 84.0. The predicted octanol–water partition coefficient (Wildman–Crippen LogP) is 21.8. The highest BCUT2D eigenvalue weighted by Crippen LogP contribution is 2.47. The van der Waals surface area contributed by atoms with E-state index in [2.05, 4.69) is 0 Å². The standard InChI is InChI=1S/C81H49F5N6/c82-63-37-62(38-64(83)43-63)65-44-80(92-77-35-27-56(60-23-31-73(89-48-60)52-17-9-3-10-18-52)41-68(77)69-42-57(28-36-78(69)92)61-24-32-74(90-49-61)53-19-11-4-12-20-53)70(81(84,85)86)45-79(65)91-75-33-25-54(58-21-29-71(87-46-58)50-13-5-1-6-14-50)39-66(75)67-40-55(26-34-76(67)91)59-22-30-72(88-47-59)51-15-7-2-8-16-51/h1-49H. The second-order valence-electron chi connectivity index (χ2n) is 22.8. The van der Waals surface area contributed by atoms with Gasteiger partial charge in [0, 0.05) is 102 Å². The van der Waals surface area contributed by atoms with E-state index in [0.717, 1.165) is 112 Å². The molecule has 0 N–H and O–H groups in total. The smallest absolute Gasteiger partial charge is 0.309 e. The number of halogens is 5. The van der Waals surface area contributed by atoms with Gasteiger partial charge in [-0.3, -0.25) is 19.9 Å². The van der Waals surface area contributed by atoms with Crippen molar-refractivity contribution in [3.8, 4) is 112 Å². The molecule has 6 aromatic heterocycles. The summed E-state index contributed by atoms with van der Waals surface area (Å²) < 4.78 is 85.7. The van der Waals surface area contributed by atoms with Crippen molar-refractivity contribution in [2.45, 2.75) is 6.18 Å². The van der Waals surface area contributed by atoms with E-state index in [1.807, 2.05) is 255 Å². The highest BCUT2D eigenvalue weighted by molar-refractivity contribution is 6.14. The molecule has 0 spiro atoms. The molecule has 0 unspecified atom stereocenters. The summed E-state index contributed by atoms with van der Waals surface area (Å²) in [5.74, 6) is -1.78. The van der Waals surface area contributed by atoms with Crippen molar-refractivity contribution in [2.24, 2.45) is 0 Å². The molecule has 6 heterocycles. The van der Waals surface area contributed by atoms with Crippen molar-refractivity contribution in [1.29, 1.82) is 0 Å². The normalized spacial score (nSPS) is 11.8. The van der Waals surface area contributed by atoms with Gasteiger partial charge in [-0.25, -0.2) is 8.78 Å². The van der Waals surface area contributed by atoms with E-state index in [0.29, 0.717) is 32.8 Å². The Balaban J connectivity index is 0.919. The third-order valence-corrected chi connectivity index (χ3v) is 17.3. The Bertz CT molecular complexity index is 5160. The number of aromatic nitrogens is 6. The molecule has 0 radical (unpaired) electrons. The Morgan fingerprint density at radius 3 is 0.826 bits per heavy atom. The number of hydrogen-bond acceptors (Lipinski definition) is 4. The first-order chi connectivity index (χ1) is 45.0. The molecule has 0 atom stereocenters. The molecule has 0 saturated heterocycles. The van der Waals surface area contributed by atoms with Gasteiger partial charge in [0.15, 0.2) is 0 Å². The number of alkyl halides is 3. The molecular weight excluding hydrogens is 1150 g/mol. The van der Waals surface area contributed by atoms with Gasteiger partial charge in [-0.15, -0.1) is 0 Å². The van der Waals surface area contributed by atoms with Gasteiger partial charge in [-0.1, -0.05) is 170 Å². The fourth-order valence-electron chi connectivity index (χ4n) is 12.8. The molecule has 16 aromatic rings. The minimum absolute atomic E-state index is 0.0353. The zero-order chi connectivity index (χ0) is 62.0. The average molecular weight is 1200 g/mol. The summed E-state index contributed by atoms with van der Waals surface area (Å²) in [6.07, 6.45) is 2.26. The molecule has 0 aliphatic carbocycles. The maximum absolute atomic E-state index is 16.8. The lowest BCUT2D eigenvalue weighted by molar-refractivity contribution is -0.137. The zero-order valence-electron chi connectivity index (χ0n) is 48.9. The van der Waals surface area contributed by atoms with Gasteiger partial charge in [0.1, 0.15) is 11.6 Å². The van der Waals surface area contributed by atoms with E-state index < -0.39 is 23.4 Å². The number of nitrogens with zero attached hydrogens (tertiary/aromatic N) is 6. The third kappa shape index (κ3) is 10.1. The Morgan fingerprint density at radius 2 is 0.543 bits per heavy atom. The highest BCUT2D eigenvalue weighted by Gasteiger charge is 2.37. The predicted molar refractivity (Wildman–Crippen MR) is 360 cm³/mol. The zero-order valence-corrected chi connectivity index (χ0v) is 48.9. The van der Waals surface area contributed by atoms with E-state index in [-0.39, 0.29) is 22.5 Å². The fourth-order valence-corrected chi connectivity index (χ4v) is 12.8. The maximum Gasteiger partial charge on any atom is 0.418 e. The van der Waals surface area contributed by atoms with E-state index in [9.17, 15) is 0 Å². The Labute approximate surface area is 525 Å². The van der Waals surface area contributed by atoms with Crippen LogP contribution in [0.4, 0.5) is 22.0 Å². The van der Waals surface area contributed by atoms with Crippen LogP contribution in [-0.2, 0) is 6.18 Å². The van der Waals surface area contributed by atoms with Crippen LogP contribution >= 0.6 is 0 Å². The summed E-state index contributed by atoms with van der Waals surface area (Å²) >= 11 is 0. The van der Waals surface area contributed by atoms with Gasteiger partial charge in [-0.2, -0.15) is 13.2 Å². The monoisotopic (exact) mass is 1200 g/mol. The third-order valence-electron chi connectivity index (χ3n) is 17.3. The van der Waals surface area contributed by atoms with Crippen molar-refractivity contribution in [1.82, 2.24) is 29.1 Å². The highest BCUT2D eigenvalue weighted by atomic mass is 19.4. The minimum Gasteiger partial charge on any atom is -0.309 e. The van der Waals surface area contributed by atoms with Crippen LogP contribution in [0.3, 0.4) is 0 Å². The molecule has 10 aromatic carbocycles. The molecule has 11 heteroatoms. The maximum atomic E-state index is 16.8. The van der Waals surface area contributed by atoms with Crippen molar-refractivity contribution in [2.75, 3.05) is 0 Å². The second-order valence-corrected chi connectivity index (χ2v) is 22.8. The summed E-state index contributed by atoms with van der Waals surface area (Å²) in [5.41, 5.74) is 14.6. The van der Waals surface area contributed by atoms with Crippen molar-refractivity contribution in [3.05, 3.63) is 315 Å². The molecular formula is C81H49F5N6. The van der Waals surface area contributed by atoms with Crippen LogP contribution in [0.5, 0.6) is 0 Å². The molecule has 0 bridgehead atoms. The topological polar surface area (TPSA) is 61.4 Å². The number of benzene rings is 10. The number of rotatable bonds is 11. The number of hydrogen-bond donors (Lipinski definition) is 0. The van der Waals surface area contributed by atoms with Crippen molar-refractivity contribution >= 4 is 43.6 Å². The Hall–Kier alpha value is -12.0. The van der Waals surface area contributed by atoms with E-state index in [1.54, 1.807) is 21.5 Å². The molecule has 0 aliphatic rings. The van der Waals surface area contributed by atoms with Crippen LogP contribution in [0, 0.1) is 11.6 Å². The van der Waals surface area contributed by atoms with Crippen LogP contribution < -0.4 is 0 Å². The molecule has 0 aliphatic heterocycles. The first kappa shape index (κ1) is 55.4. The van der Waals surface area contributed by atoms with E-state index in [1.165, 1.54) is 18.2 Å². The second kappa shape index (κ2) is 22.6. The summed E-state index contributed by atoms with van der Waals surface area (Å²) in [6.45, 7) is 0. The van der Waals surface area contributed by atoms with Crippen LogP contribution in [-0.4, -0.2) is 29.1 Å². The lowest BCUT2D eigenvalue weighted by Gasteiger charge is -2.22. The van der Waals surface area contributed by atoms with Crippen LogP contribution in [0.25, 0.3) is 156 Å². The number of pyridine rings is 4. The molecule has 16 rings (SSSR count). The first-order valence-electron chi connectivity index (χ1n) is 30.0. The van der Waals surface area contributed by atoms with Gasteiger partial charge >= 0.3 is 6.18 Å². The molecule has 0 fully saturated rings. The quantitative estimate of drug-likeness (QED) is 0.121. The van der Waals surface area contributed by atoms with Crippen LogP contribution in [0.1, 0.15) is 5.56 Å². The van der Waals surface area contributed by atoms with E-state index in [4.69, 9.17) is 19.9 Å². The lowest BCUT2D eigenvalue weighted by Crippen LogP contribution is -2.13. The summed E-state index contributed by atoms with van der Waals surface area (Å²) in [4.78, 5) is 19.3. The summed E-state index contributed by atoms with van der Waals surface area (Å²) in [5, 5.41) is 2.77. The average Bonchev–Trinajstić information content (AvgIpc) is 1.49. The first-order valence-corrected chi connectivity index (χ1v) is 30.0. The minimum atomic E-state index is -4.98. The molecule has 92 heavy (non-hydrogen) atoms. The molecule has 0 amide bonds. The molecule has 438 valence electrons. The van der Waals surface area contributed by atoms with Crippen molar-refractivity contribution < 1.29 is 22.0 Å². The largest absolute Gasteiger partial charge is 0.418 e. The lowest BCUT2D eigenvalue weighted by atomic mass is 9.98. The molecule has 0 saturated carbocycles. The fraction of sp³-hybridized carbons (Fsp3) is 0.0123. The van der Waals surface area contributed by atoms with Crippen LogP contribution in [0.2, 0.25) is 0 Å². The van der Waals surface area contributed by atoms with E-state index >= 15 is 22.0 Å². The van der Waals surface area contributed by atoms with Gasteiger partial charge < -0.3 is 9.13 Å². The van der Waals surface area contributed by atoms with Gasteiger partial charge in [-0.05, 0) is 125 Å². The van der Waals surface area contributed by atoms with Gasteiger partial charge in [0.2, 0.25) is 0 Å². The summed E-state index contributed by atoms with van der Waals surface area (Å²) in [7, 11) is 0. The molecule has 6 nitrogen and oxygen atoms in total. The SMILES string of the molecule is Fc1cc(F)cc(-c2cc(-n3c4ccc(-c5ccc(-c6ccccc6)nc5)cc4c4cc(-c5ccc(-c6ccccc6)nc5)ccc43)c(C(F)(F)F)cc2-n2c3ccc(-c4ccc(-c5ccccc5)nc4)cc3c3cc(-c4ccc(-c5ccccc5)nc4)ccc32)c1. The van der Waals surface area contributed by atoms with Crippen LogP contribution in [0.15, 0.2) is 298 Å². The van der Waals surface area contributed by atoms with Gasteiger partial charge in [0.25, 0.3) is 0 Å². The van der Waals surface area contributed by atoms with Crippen molar-refractivity contribution in [3.63, 3.8) is 0 Å². The Kier molecular flexibility index (Phi) is 13.6. The number of fused-ring (bicyclic) bond motifs is 6. The Morgan fingerprint density at radius 1 is 0.250 bits per heavy atom. The van der Waals surface area contributed by atoms with Gasteiger partial charge in [0.05, 0.1) is 61.8 Å².